The minimum Gasteiger partial charge on any atom is -0.409 e. The molecule has 0 fully saturated rings. The zero-order valence-corrected chi connectivity index (χ0v) is 13.7. The second-order valence-electron chi connectivity index (χ2n) is 5.13. The highest BCUT2D eigenvalue weighted by Crippen LogP contribution is 2.31. The summed E-state index contributed by atoms with van der Waals surface area (Å²) in [5, 5.41) is 17.8. The highest BCUT2D eigenvalue weighted by Gasteiger charge is 2.41. The fourth-order valence-corrected chi connectivity index (χ4v) is 3.19. The van der Waals surface area contributed by atoms with Gasteiger partial charge in [0, 0.05) is 11.1 Å². The van der Waals surface area contributed by atoms with Gasteiger partial charge in [0.15, 0.2) is 5.84 Å². The van der Waals surface area contributed by atoms with Crippen molar-refractivity contribution < 1.29 is 10.0 Å². The quantitative estimate of drug-likeness (QED) is 0.297. The molecule has 4 N–H and O–H groups in total. The predicted molar refractivity (Wildman–Crippen MR) is 84.4 cm³/mol. The third kappa shape index (κ3) is 4.17. The van der Waals surface area contributed by atoms with Crippen molar-refractivity contribution in [3.8, 4) is 0 Å². The van der Waals surface area contributed by atoms with Crippen LogP contribution in [0.5, 0.6) is 0 Å². The van der Waals surface area contributed by atoms with Gasteiger partial charge < -0.3 is 16.3 Å². The molecule has 0 aromatic carbocycles. The molecule has 1 rings (SSSR count). The number of nitrogens with two attached hydrogens (primary N) is 1. The van der Waals surface area contributed by atoms with Crippen LogP contribution >= 0.6 is 11.3 Å². The van der Waals surface area contributed by atoms with Gasteiger partial charge in [-0.25, -0.2) is 4.98 Å². The number of carbonyl (C=O) groups excluding carboxylic acids is 1. The first-order chi connectivity index (χ1) is 10.00. The summed E-state index contributed by atoms with van der Waals surface area (Å²) in [4.78, 5) is 16.9. The first kappa shape index (κ1) is 17.4. The molecule has 0 aliphatic carbocycles. The number of thiazole rings is 1. The summed E-state index contributed by atoms with van der Waals surface area (Å²) in [7, 11) is 0. The molecule has 0 saturated carbocycles. The van der Waals surface area contributed by atoms with Gasteiger partial charge in [0.1, 0.15) is 10.4 Å². The molecule has 6 nitrogen and oxygen atoms in total. The Balaban J connectivity index is 2.88. The van der Waals surface area contributed by atoms with Crippen molar-refractivity contribution >= 4 is 23.1 Å². The zero-order valence-electron chi connectivity index (χ0n) is 12.8. The van der Waals surface area contributed by atoms with Gasteiger partial charge in [-0.05, 0) is 19.8 Å². The molecule has 7 heteroatoms. The third-order valence-corrected chi connectivity index (χ3v) is 4.42. The van der Waals surface area contributed by atoms with Crippen LogP contribution in [0.1, 0.15) is 50.2 Å². The number of aryl methyl sites for hydroxylation is 1. The number of hydrogen-bond donors (Lipinski definition) is 3. The third-order valence-electron chi connectivity index (χ3n) is 3.45. The maximum absolute atomic E-state index is 12.6. The SMILES string of the molecule is CCCC(CCC)(C(=O)NCc1nc(C)cs1)C(N)=NO. The average Bonchev–Trinajstić information content (AvgIpc) is 2.89. The summed E-state index contributed by atoms with van der Waals surface area (Å²) < 4.78 is 0. The van der Waals surface area contributed by atoms with Crippen LogP contribution in [0, 0.1) is 12.3 Å². The van der Waals surface area contributed by atoms with E-state index in [4.69, 9.17) is 10.9 Å². The molecule has 0 unspecified atom stereocenters. The molecule has 1 aromatic rings. The van der Waals surface area contributed by atoms with Crippen molar-refractivity contribution in [2.24, 2.45) is 16.3 Å². The predicted octanol–water partition coefficient (Wildman–Crippen LogP) is 2.40. The van der Waals surface area contributed by atoms with Gasteiger partial charge >= 0.3 is 0 Å². The van der Waals surface area contributed by atoms with Crippen LogP contribution in [-0.2, 0) is 11.3 Å². The van der Waals surface area contributed by atoms with E-state index < -0.39 is 5.41 Å². The standard InChI is InChI=1S/C14H24N4O2S/c1-4-6-14(7-5-2,12(15)18-20)13(19)16-8-11-17-10(3)9-21-11/h9,20H,4-8H2,1-3H3,(H2,15,18)(H,16,19). The summed E-state index contributed by atoms with van der Waals surface area (Å²) in [6.07, 6.45) is 2.67. The lowest BCUT2D eigenvalue weighted by Gasteiger charge is -2.30. The Hall–Kier alpha value is -1.63. The molecule has 0 atom stereocenters. The van der Waals surface area contributed by atoms with Crippen molar-refractivity contribution in [2.45, 2.75) is 53.0 Å². The highest BCUT2D eigenvalue weighted by molar-refractivity contribution is 7.09. The topological polar surface area (TPSA) is 101 Å². The molecule has 0 aliphatic heterocycles. The zero-order chi connectivity index (χ0) is 15.9. The minimum absolute atomic E-state index is 0.0148. The van der Waals surface area contributed by atoms with Crippen LogP contribution in [0.2, 0.25) is 0 Å². The number of oxime groups is 1. The van der Waals surface area contributed by atoms with E-state index in [1.807, 2.05) is 26.2 Å². The van der Waals surface area contributed by atoms with E-state index in [2.05, 4.69) is 15.5 Å². The Kier molecular flexibility index (Phi) is 6.61. The molecule has 1 heterocycles. The summed E-state index contributed by atoms with van der Waals surface area (Å²) in [5.74, 6) is -0.214. The molecule has 0 aliphatic rings. The number of nitrogens with one attached hydrogen (secondary N) is 1. The largest absolute Gasteiger partial charge is 0.409 e. The van der Waals surface area contributed by atoms with Gasteiger partial charge in [-0.15, -0.1) is 11.3 Å². The summed E-state index contributed by atoms with van der Waals surface area (Å²) in [6.45, 7) is 6.24. The molecule has 21 heavy (non-hydrogen) atoms. The summed E-state index contributed by atoms with van der Waals surface area (Å²) >= 11 is 1.51. The van der Waals surface area contributed by atoms with Gasteiger partial charge in [0.2, 0.25) is 5.91 Å². The van der Waals surface area contributed by atoms with Gasteiger partial charge in [-0.1, -0.05) is 31.8 Å². The summed E-state index contributed by atoms with van der Waals surface area (Å²) in [6, 6.07) is 0. The van der Waals surface area contributed by atoms with Crippen LogP contribution in [0.4, 0.5) is 0 Å². The second-order valence-corrected chi connectivity index (χ2v) is 6.08. The van der Waals surface area contributed by atoms with Crippen LogP contribution < -0.4 is 11.1 Å². The average molecular weight is 312 g/mol. The second kappa shape index (κ2) is 7.97. The molecule has 0 radical (unpaired) electrons. The molecule has 118 valence electrons. The maximum atomic E-state index is 12.6. The molecule has 1 aromatic heterocycles. The van der Waals surface area contributed by atoms with Gasteiger partial charge in [0.25, 0.3) is 0 Å². The fraction of sp³-hybridized carbons (Fsp3) is 0.643. The number of carbonyl (C=O) groups is 1. The Morgan fingerprint density at radius 3 is 2.52 bits per heavy atom. The molecule has 1 amide bonds. The monoisotopic (exact) mass is 312 g/mol. The molecular weight excluding hydrogens is 288 g/mol. The van der Waals surface area contributed by atoms with Gasteiger partial charge in [0.05, 0.1) is 6.54 Å². The van der Waals surface area contributed by atoms with E-state index in [1.54, 1.807) is 0 Å². The van der Waals surface area contributed by atoms with Crippen molar-refractivity contribution in [3.05, 3.63) is 16.1 Å². The molecule has 0 bridgehead atoms. The van der Waals surface area contributed by atoms with Gasteiger partial charge in [-0.2, -0.15) is 0 Å². The molecular formula is C14H24N4O2S. The Morgan fingerprint density at radius 1 is 1.48 bits per heavy atom. The van der Waals surface area contributed by atoms with E-state index in [-0.39, 0.29) is 11.7 Å². The van der Waals surface area contributed by atoms with Crippen molar-refractivity contribution in [1.29, 1.82) is 0 Å². The highest BCUT2D eigenvalue weighted by atomic mass is 32.1. The lowest BCUT2D eigenvalue weighted by molar-refractivity contribution is -0.128. The van der Waals surface area contributed by atoms with Gasteiger partial charge in [-0.3, -0.25) is 4.79 Å². The Morgan fingerprint density at radius 2 is 2.10 bits per heavy atom. The molecule has 0 saturated heterocycles. The molecule has 0 spiro atoms. The van der Waals surface area contributed by atoms with E-state index in [1.165, 1.54) is 11.3 Å². The lowest BCUT2D eigenvalue weighted by Crippen LogP contribution is -2.49. The van der Waals surface area contributed by atoms with E-state index >= 15 is 0 Å². The first-order valence-electron chi connectivity index (χ1n) is 7.17. The van der Waals surface area contributed by atoms with Crippen LogP contribution in [0.25, 0.3) is 0 Å². The van der Waals surface area contributed by atoms with E-state index in [0.29, 0.717) is 19.4 Å². The number of aromatic nitrogens is 1. The minimum atomic E-state index is -0.940. The van der Waals surface area contributed by atoms with Crippen LogP contribution in [-0.4, -0.2) is 21.9 Å². The number of rotatable bonds is 8. The number of hydrogen-bond acceptors (Lipinski definition) is 5. The van der Waals surface area contributed by atoms with E-state index in [0.717, 1.165) is 23.5 Å². The Labute approximate surface area is 129 Å². The van der Waals surface area contributed by atoms with Crippen molar-refractivity contribution in [1.82, 2.24) is 10.3 Å². The van der Waals surface area contributed by atoms with Crippen molar-refractivity contribution in [2.75, 3.05) is 0 Å². The van der Waals surface area contributed by atoms with Crippen LogP contribution in [0.3, 0.4) is 0 Å². The summed E-state index contributed by atoms with van der Waals surface area (Å²) in [5.41, 5.74) is 5.82. The Bertz CT molecular complexity index is 493. The smallest absolute Gasteiger partial charge is 0.234 e. The maximum Gasteiger partial charge on any atom is 0.234 e. The first-order valence-corrected chi connectivity index (χ1v) is 8.05. The van der Waals surface area contributed by atoms with Crippen LogP contribution in [0.15, 0.2) is 10.5 Å². The van der Waals surface area contributed by atoms with Crippen molar-refractivity contribution in [3.63, 3.8) is 0 Å². The number of amides is 1. The number of amidine groups is 1. The number of nitrogens with zero attached hydrogens (tertiary/aromatic N) is 2. The normalized spacial score (nSPS) is 12.4. The fourth-order valence-electron chi connectivity index (χ4n) is 2.48. The van der Waals surface area contributed by atoms with E-state index in [9.17, 15) is 4.79 Å². The lowest BCUT2D eigenvalue weighted by atomic mass is 9.77.